The van der Waals surface area contributed by atoms with E-state index in [0.717, 1.165) is 12.1 Å². The first-order valence-electron chi connectivity index (χ1n) is 12.4. The Kier molecular flexibility index (Phi) is 8.94. The molecular weight excluding hydrogens is 526 g/mol. The lowest BCUT2D eigenvalue weighted by atomic mass is 9.89. The monoisotopic (exact) mass is 558 g/mol. The molecule has 1 fully saturated rings. The zero-order chi connectivity index (χ0) is 29.1. The van der Waals surface area contributed by atoms with E-state index >= 15 is 0 Å². The number of rotatable bonds is 6. The Hall–Kier alpha value is -3.21. The molecule has 0 atom stereocenters. The maximum atomic E-state index is 14.3. The van der Waals surface area contributed by atoms with Gasteiger partial charge in [-0.3, -0.25) is 0 Å². The van der Waals surface area contributed by atoms with Crippen molar-refractivity contribution in [1.82, 2.24) is 4.90 Å². The molecule has 214 valence electrons. The second-order valence-corrected chi connectivity index (χ2v) is 10.2. The van der Waals surface area contributed by atoms with E-state index < -0.39 is 41.8 Å². The number of nitrogens with zero attached hydrogens (tertiary/aromatic N) is 2. The molecule has 11 heteroatoms. The SMILES string of the molecule is C/C=C\c1cc(C(OCc2ccccc2)(C(F)(F)F)C(F)(F)F)ccc1N1CCN(C(=O)OC(C)(C)C)CC1. The van der Waals surface area contributed by atoms with Gasteiger partial charge in [-0.25, -0.2) is 4.79 Å². The molecule has 2 aromatic carbocycles. The first-order valence-corrected chi connectivity index (χ1v) is 12.4. The Balaban J connectivity index is 1.96. The van der Waals surface area contributed by atoms with E-state index in [0.29, 0.717) is 18.8 Å². The van der Waals surface area contributed by atoms with Crippen molar-refractivity contribution in [2.24, 2.45) is 0 Å². The van der Waals surface area contributed by atoms with Gasteiger partial charge >= 0.3 is 18.4 Å². The first kappa shape index (κ1) is 30.3. The maximum absolute atomic E-state index is 14.3. The molecule has 1 amide bonds. The standard InChI is InChI=1S/C28H32F6N2O3/c1-5-9-21-18-22(12-13-23(21)35-14-16-36(17-15-35)24(37)39-25(2,3)4)26(27(29,30)31,28(32,33)34)38-19-20-10-7-6-8-11-20/h5-13,18H,14-17,19H2,1-4H3/b9-5-. The van der Waals surface area contributed by atoms with Crippen molar-refractivity contribution < 1.29 is 40.6 Å². The molecule has 39 heavy (non-hydrogen) atoms. The summed E-state index contributed by atoms with van der Waals surface area (Å²) >= 11 is 0. The van der Waals surface area contributed by atoms with Crippen LogP contribution in [-0.2, 0) is 21.7 Å². The summed E-state index contributed by atoms with van der Waals surface area (Å²) in [6.07, 6.45) is -9.09. The van der Waals surface area contributed by atoms with Crippen molar-refractivity contribution in [3.05, 3.63) is 71.3 Å². The molecule has 0 bridgehead atoms. The molecule has 0 unspecified atom stereocenters. The predicted octanol–water partition coefficient (Wildman–Crippen LogP) is 7.31. The van der Waals surface area contributed by atoms with E-state index in [1.807, 2.05) is 4.90 Å². The first-order chi connectivity index (χ1) is 18.1. The third-order valence-corrected chi connectivity index (χ3v) is 6.15. The highest BCUT2D eigenvalue weighted by Crippen LogP contribution is 2.54. The second kappa shape index (κ2) is 11.5. The number of anilines is 1. The van der Waals surface area contributed by atoms with Crippen LogP contribution in [0.5, 0.6) is 0 Å². The summed E-state index contributed by atoms with van der Waals surface area (Å²) in [5.74, 6) is 0. The fourth-order valence-corrected chi connectivity index (χ4v) is 4.33. The minimum absolute atomic E-state index is 0.168. The van der Waals surface area contributed by atoms with E-state index in [2.05, 4.69) is 0 Å². The number of alkyl halides is 6. The van der Waals surface area contributed by atoms with Crippen molar-refractivity contribution in [1.29, 1.82) is 0 Å². The molecule has 1 aliphatic rings. The number of allylic oxidation sites excluding steroid dienone is 1. The Labute approximate surface area is 224 Å². The lowest BCUT2D eigenvalue weighted by Gasteiger charge is -2.39. The van der Waals surface area contributed by atoms with Gasteiger partial charge in [0.1, 0.15) is 5.60 Å². The van der Waals surface area contributed by atoms with Gasteiger partial charge in [0, 0.05) is 37.4 Å². The molecule has 0 saturated carbocycles. The number of amides is 1. The van der Waals surface area contributed by atoms with E-state index in [-0.39, 0.29) is 24.2 Å². The number of carbonyl (C=O) groups excluding carboxylic acids is 1. The number of hydrogen-bond acceptors (Lipinski definition) is 4. The van der Waals surface area contributed by atoms with Crippen LogP contribution >= 0.6 is 0 Å². The van der Waals surface area contributed by atoms with Crippen LogP contribution in [0.2, 0.25) is 0 Å². The Morgan fingerprint density at radius 1 is 0.897 bits per heavy atom. The summed E-state index contributed by atoms with van der Waals surface area (Å²) in [6.45, 7) is 7.15. The van der Waals surface area contributed by atoms with Gasteiger partial charge in [0.15, 0.2) is 0 Å². The minimum Gasteiger partial charge on any atom is -0.444 e. The van der Waals surface area contributed by atoms with Crippen LogP contribution in [0, 0.1) is 0 Å². The molecule has 5 nitrogen and oxygen atoms in total. The molecule has 0 radical (unpaired) electrons. The summed E-state index contributed by atoms with van der Waals surface area (Å²) in [4.78, 5) is 15.7. The van der Waals surface area contributed by atoms with Crippen LogP contribution in [-0.4, -0.2) is 55.1 Å². The highest BCUT2D eigenvalue weighted by atomic mass is 19.4. The molecule has 1 heterocycles. The molecule has 3 rings (SSSR count). The molecule has 0 aliphatic carbocycles. The fraction of sp³-hybridized carbons (Fsp3) is 0.464. The second-order valence-electron chi connectivity index (χ2n) is 10.2. The van der Waals surface area contributed by atoms with Crippen LogP contribution in [0.3, 0.4) is 0 Å². The average Bonchev–Trinajstić information content (AvgIpc) is 2.83. The Morgan fingerprint density at radius 3 is 2.00 bits per heavy atom. The predicted molar refractivity (Wildman–Crippen MR) is 136 cm³/mol. The normalized spacial score (nSPS) is 15.6. The quantitative estimate of drug-likeness (QED) is 0.349. The number of halogens is 6. The van der Waals surface area contributed by atoms with Crippen LogP contribution in [0.1, 0.15) is 44.4 Å². The van der Waals surface area contributed by atoms with Crippen molar-refractivity contribution >= 4 is 17.9 Å². The van der Waals surface area contributed by atoms with Crippen LogP contribution in [0.25, 0.3) is 6.08 Å². The molecule has 2 aromatic rings. The van der Waals surface area contributed by atoms with E-state index in [9.17, 15) is 31.1 Å². The van der Waals surface area contributed by atoms with Crippen LogP contribution in [0.15, 0.2) is 54.6 Å². The summed E-state index contributed by atoms with van der Waals surface area (Å²) in [5, 5.41) is 0. The van der Waals surface area contributed by atoms with Gasteiger partial charge in [-0.1, -0.05) is 48.6 Å². The lowest BCUT2D eigenvalue weighted by molar-refractivity contribution is -0.392. The lowest BCUT2D eigenvalue weighted by Crippen LogP contribution is -2.56. The molecule has 1 aliphatic heterocycles. The van der Waals surface area contributed by atoms with Crippen LogP contribution in [0.4, 0.5) is 36.8 Å². The van der Waals surface area contributed by atoms with Gasteiger partial charge in [0.05, 0.1) is 6.61 Å². The van der Waals surface area contributed by atoms with Crippen molar-refractivity contribution in [2.75, 3.05) is 31.1 Å². The largest absolute Gasteiger partial charge is 0.444 e. The van der Waals surface area contributed by atoms with Gasteiger partial charge in [0.2, 0.25) is 0 Å². The highest BCUT2D eigenvalue weighted by molar-refractivity contribution is 5.71. The van der Waals surface area contributed by atoms with Crippen molar-refractivity contribution in [3.8, 4) is 0 Å². The van der Waals surface area contributed by atoms with E-state index in [4.69, 9.17) is 9.47 Å². The molecule has 1 saturated heterocycles. The van der Waals surface area contributed by atoms with E-state index in [1.54, 1.807) is 33.8 Å². The van der Waals surface area contributed by atoms with Gasteiger partial charge < -0.3 is 19.3 Å². The number of piperazine rings is 1. The molecular formula is C28H32F6N2O3. The molecule has 0 N–H and O–H groups in total. The summed E-state index contributed by atoms with van der Waals surface area (Å²) in [7, 11) is 0. The Morgan fingerprint density at radius 2 is 1.49 bits per heavy atom. The summed E-state index contributed by atoms with van der Waals surface area (Å²) < 4.78 is 96.2. The highest BCUT2D eigenvalue weighted by Gasteiger charge is 2.73. The summed E-state index contributed by atoms with van der Waals surface area (Å²) in [5.41, 5.74) is -5.50. The third-order valence-electron chi connectivity index (χ3n) is 6.15. The van der Waals surface area contributed by atoms with Crippen molar-refractivity contribution in [3.63, 3.8) is 0 Å². The van der Waals surface area contributed by atoms with Gasteiger partial charge in [-0.15, -0.1) is 0 Å². The minimum atomic E-state index is -5.80. The van der Waals surface area contributed by atoms with Gasteiger partial charge in [0.25, 0.3) is 5.60 Å². The number of benzene rings is 2. The van der Waals surface area contributed by atoms with Gasteiger partial charge in [-0.05, 0) is 51.0 Å². The number of carbonyl (C=O) groups is 1. The smallest absolute Gasteiger partial charge is 0.430 e. The molecule has 0 aromatic heterocycles. The fourth-order valence-electron chi connectivity index (χ4n) is 4.33. The van der Waals surface area contributed by atoms with Crippen molar-refractivity contribution in [2.45, 2.75) is 57.9 Å². The average molecular weight is 559 g/mol. The number of ether oxygens (including phenoxy) is 2. The Bertz CT molecular complexity index is 1130. The zero-order valence-electron chi connectivity index (χ0n) is 22.2. The third kappa shape index (κ3) is 6.87. The molecule has 0 spiro atoms. The number of hydrogen-bond donors (Lipinski definition) is 0. The van der Waals surface area contributed by atoms with E-state index in [1.165, 1.54) is 47.4 Å². The maximum Gasteiger partial charge on any atom is 0.430 e. The topological polar surface area (TPSA) is 42.0 Å². The van der Waals surface area contributed by atoms with Crippen LogP contribution < -0.4 is 4.90 Å². The zero-order valence-corrected chi connectivity index (χ0v) is 22.2. The summed E-state index contributed by atoms with van der Waals surface area (Å²) in [6, 6.07) is 10.3. The van der Waals surface area contributed by atoms with Gasteiger partial charge in [-0.2, -0.15) is 26.3 Å².